The number of fused-ring (bicyclic) bond motifs is 3. The maximum atomic E-state index is 12.4. The second-order valence-electron chi connectivity index (χ2n) is 8.99. The highest BCUT2D eigenvalue weighted by molar-refractivity contribution is 7.19. The number of phenols is 1. The molecule has 1 aromatic carbocycles. The summed E-state index contributed by atoms with van der Waals surface area (Å²) in [6.45, 7) is 11.6. The van der Waals surface area contributed by atoms with E-state index >= 15 is 0 Å². The normalized spacial score (nSPS) is 15.2. The molecule has 0 bridgehead atoms. The van der Waals surface area contributed by atoms with Crippen LogP contribution in [0.2, 0.25) is 0 Å². The van der Waals surface area contributed by atoms with Gasteiger partial charge in [-0.05, 0) is 58.6 Å². The van der Waals surface area contributed by atoms with Crippen molar-refractivity contribution in [2.24, 2.45) is 0 Å². The topological polar surface area (TPSA) is 79.7 Å². The summed E-state index contributed by atoms with van der Waals surface area (Å²) in [5.74, 6) is -0.990. The molecule has 0 saturated heterocycles. The molecule has 1 atom stereocenters. The summed E-state index contributed by atoms with van der Waals surface area (Å²) >= 11 is 1.63. The van der Waals surface area contributed by atoms with Gasteiger partial charge in [-0.15, -0.1) is 11.3 Å². The lowest BCUT2D eigenvalue weighted by atomic mass is 9.86. The Morgan fingerprint density at radius 1 is 1.23 bits per heavy atom. The van der Waals surface area contributed by atoms with Crippen LogP contribution in [0.4, 0.5) is 0 Å². The van der Waals surface area contributed by atoms with Gasteiger partial charge in [-0.3, -0.25) is 0 Å². The Balaban J connectivity index is 2.16. The number of rotatable bonds is 4. The van der Waals surface area contributed by atoms with Crippen LogP contribution in [0, 0.1) is 6.92 Å². The molecule has 6 heteroatoms. The van der Waals surface area contributed by atoms with Gasteiger partial charge in [-0.2, -0.15) is 0 Å². The summed E-state index contributed by atoms with van der Waals surface area (Å²) in [6.07, 6.45) is 1.66. The minimum atomic E-state index is -1.22. The molecule has 2 heterocycles. The lowest BCUT2D eigenvalue weighted by Gasteiger charge is -2.28. The van der Waals surface area contributed by atoms with Gasteiger partial charge in [0.2, 0.25) is 0 Å². The number of phenolic OH excluding ortho intramolecular Hbond substituents is 1. The zero-order valence-electron chi connectivity index (χ0n) is 18.3. The van der Waals surface area contributed by atoms with Crippen molar-refractivity contribution < 1.29 is 19.7 Å². The van der Waals surface area contributed by atoms with Gasteiger partial charge < -0.3 is 14.9 Å². The number of aliphatic carboxylic acids is 1. The van der Waals surface area contributed by atoms with Crippen molar-refractivity contribution in [3.05, 3.63) is 52.5 Å². The molecule has 162 valence electrons. The molecule has 4 rings (SSSR count). The van der Waals surface area contributed by atoms with Crippen molar-refractivity contribution in [3.8, 4) is 16.9 Å². The number of aromatic hydroxyl groups is 1. The molecule has 0 aliphatic heterocycles. The Labute approximate surface area is 186 Å². The van der Waals surface area contributed by atoms with E-state index in [1.165, 1.54) is 4.88 Å². The van der Waals surface area contributed by atoms with E-state index in [2.05, 4.69) is 6.58 Å². The Bertz CT molecular complexity index is 1200. The number of pyridine rings is 1. The number of hydrogen-bond acceptors (Lipinski definition) is 5. The number of carboxylic acid groups (broad SMARTS) is 1. The summed E-state index contributed by atoms with van der Waals surface area (Å²) in [5.41, 5.74) is 3.73. The fourth-order valence-electron chi connectivity index (χ4n) is 4.31. The van der Waals surface area contributed by atoms with Crippen molar-refractivity contribution in [2.45, 2.75) is 58.7 Å². The quantitative estimate of drug-likeness (QED) is 0.503. The molecule has 31 heavy (non-hydrogen) atoms. The van der Waals surface area contributed by atoms with E-state index in [0.717, 1.165) is 40.6 Å². The molecule has 1 aliphatic carbocycles. The first-order valence-corrected chi connectivity index (χ1v) is 11.2. The largest absolute Gasteiger partial charge is 0.507 e. The number of thiophene rings is 1. The van der Waals surface area contributed by atoms with Gasteiger partial charge in [0.25, 0.3) is 0 Å². The van der Waals surface area contributed by atoms with E-state index in [4.69, 9.17) is 9.72 Å². The first kappa shape index (κ1) is 21.5. The van der Waals surface area contributed by atoms with Crippen LogP contribution < -0.4 is 0 Å². The number of aromatic nitrogens is 1. The first-order chi connectivity index (χ1) is 14.6. The SMILES string of the molecule is C=C1CCCc2sc3nc(C)c([C@H](OC(C)(C)C)C(=O)O)c(-c4ccccc4O)c3c21. The monoisotopic (exact) mass is 437 g/mol. The van der Waals surface area contributed by atoms with Crippen LogP contribution in [0.5, 0.6) is 5.75 Å². The third-order valence-electron chi connectivity index (χ3n) is 5.51. The van der Waals surface area contributed by atoms with Gasteiger partial charge in [0.05, 0.1) is 5.60 Å². The Morgan fingerprint density at radius 2 is 1.94 bits per heavy atom. The van der Waals surface area contributed by atoms with Crippen LogP contribution in [0.1, 0.15) is 61.4 Å². The fourth-order valence-corrected chi connectivity index (χ4v) is 5.63. The summed E-state index contributed by atoms with van der Waals surface area (Å²) in [7, 11) is 0. The van der Waals surface area contributed by atoms with Gasteiger partial charge in [0.1, 0.15) is 10.6 Å². The molecule has 0 radical (unpaired) electrons. The van der Waals surface area contributed by atoms with E-state index < -0.39 is 17.7 Å². The second kappa shape index (κ2) is 7.77. The molecular weight excluding hydrogens is 410 g/mol. The molecule has 0 spiro atoms. The standard InChI is InChI=1S/C25H27NO4S/c1-13-9-8-12-17-18(13)21-20(15-10-6-7-11-16(15)27)19(14(2)26-23(21)31-17)22(24(28)29)30-25(3,4)5/h6-7,10-11,22,27H,1,8-9,12H2,2-5H3,(H,28,29)/t22-/m0/s1. The van der Waals surface area contributed by atoms with E-state index in [0.29, 0.717) is 22.4 Å². The highest BCUT2D eigenvalue weighted by Crippen LogP contribution is 2.49. The Kier molecular flexibility index (Phi) is 5.40. The molecule has 2 aromatic heterocycles. The number of para-hydroxylation sites is 1. The average Bonchev–Trinajstić information content (AvgIpc) is 3.04. The summed E-state index contributed by atoms with van der Waals surface area (Å²) < 4.78 is 6.02. The predicted octanol–water partition coefficient (Wildman–Crippen LogP) is 6.27. The molecule has 5 nitrogen and oxygen atoms in total. The second-order valence-corrected chi connectivity index (χ2v) is 10.1. The third kappa shape index (κ3) is 3.86. The van der Waals surface area contributed by atoms with Crippen LogP contribution in [-0.2, 0) is 16.0 Å². The number of carbonyl (C=O) groups is 1. The number of carboxylic acids is 1. The van der Waals surface area contributed by atoms with Crippen molar-refractivity contribution in [1.29, 1.82) is 0 Å². The number of aryl methyl sites for hydroxylation is 2. The summed E-state index contributed by atoms with van der Waals surface area (Å²) in [5, 5.41) is 21.8. The summed E-state index contributed by atoms with van der Waals surface area (Å²) in [6, 6.07) is 7.04. The van der Waals surface area contributed by atoms with Crippen LogP contribution in [0.25, 0.3) is 26.9 Å². The van der Waals surface area contributed by atoms with E-state index in [9.17, 15) is 15.0 Å². The van der Waals surface area contributed by atoms with Crippen molar-refractivity contribution in [2.75, 3.05) is 0 Å². The minimum Gasteiger partial charge on any atom is -0.507 e. The zero-order chi connectivity index (χ0) is 22.5. The first-order valence-electron chi connectivity index (χ1n) is 10.4. The molecular formula is C25H27NO4S. The zero-order valence-corrected chi connectivity index (χ0v) is 19.1. The number of allylic oxidation sites excluding steroid dienone is 1. The fraction of sp³-hybridized carbons (Fsp3) is 0.360. The van der Waals surface area contributed by atoms with Crippen LogP contribution in [0.15, 0.2) is 30.8 Å². The van der Waals surface area contributed by atoms with Crippen molar-refractivity contribution in [1.82, 2.24) is 4.98 Å². The number of hydrogen-bond donors (Lipinski definition) is 2. The summed E-state index contributed by atoms with van der Waals surface area (Å²) in [4.78, 5) is 19.3. The molecule has 1 aliphatic rings. The van der Waals surface area contributed by atoms with Crippen LogP contribution in [-0.4, -0.2) is 26.8 Å². The lowest BCUT2D eigenvalue weighted by molar-refractivity contribution is -0.160. The molecule has 0 fully saturated rings. The van der Waals surface area contributed by atoms with E-state index in [-0.39, 0.29) is 5.75 Å². The van der Waals surface area contributed by atoms with Gasteiger partial charge in [0.15, 0.2) is 6.10 Å². The molecule has 0 amide bonds. The molecule has 3 aromatic rings. The number of nitrogens with zero attached hydrogens (tertiary/aromatic N) is 1. The lowest BCUT2D eigenvalue weighted by Crippen LogP contribution is -2.28. The highest BCUT2D eigenvalue weighted by Gasteiger charge is 2.34. The molecule has 0 saturated carbocycles. The minimum absolute atomic E-state index is 0.0944. The van der Waals surface area contributed by atoms with E-state index in [1.54, 1.807) is 23.5 Å². The van der Waals surface area contributed by atoms with Gasteiger partial charge >= 0.3 is 5.97 Å². The molecule has 2 N–H and O–H groups in total. The maximum absolute atomic E-state index is 12.4. The number of ether oxygens (including phenoxy) is 1. The van der Waals surface area contributed by atoms with Gasteiger partial charge in [-0.1, -0.05) is 24.8 Å². The third-order valence-corrected chi connectivity index (χ3v) is 6.65. The van der Waals surface area contributed by atoms with Crippen molar-refractivity contribution >= 4 is 33.1 Å². The Hall–Kier alpha value is -2.70. The van der Waals surface area contributed by atoms with Crippen LogP contribution in [0.3, 0.4) is 0 Å². The molecule has 0 unspecified atom stereocenters. The average molecular weight is 438 g/mol. The smallest absolute Gasteiger partial charge is 0.337 e. The van der Waals surface area contributed by atoms with Crippen LogP contribution >= 0.6 is 11.3 Å². The van der Waals surface area contributed by atoms with E-state index in [1.807, 2.05) is 39.8 Å². The number of benzene rings is 1. The highest BCUT2D eigenvalue weighted by atomic mass is 32.1. The van der Waals surface area contributed by atoms with Gasteiger partial charge in [0, 0.05) is 38.2 Å². The van der Waals surface area contributed by atoms with Gasteiger partial charge in [-0.25, -0.2) is 9.78 Å². The van der Waals surface area contributed by atoms with Crippen molar-refractivity contribution in [3.63, 3.8) is 0 Å². The Morgan fingerprint density at radius 3 is 2.58 bits per heavy atom. The maximum Gasteiger partial charge on any atom is 0.337 e. The predicted molar refractivity (Wildman–Crippen MR) is 125 cm³/mol.